The van der Waals surface area contributed by atoms with E-state index in [-0.39, 0.29) is 11.2 Å². The van der Waals surface area contributed by atoms with Crippen LogP contribution in [-0.4, -0.2) is 16.9 Å². The van der Waals surface area contributed by atoms with Crippen molar-refractivity contribution in [2.24, 2.45) is 5.92 Å². The molecule has 0 heterocycles. The van der Waals surface area contributed by atoms with E-state index in [9.17, 15) is 4.79 Å². The Morgan fingerprint density at radius 3 is 2.53 bits per heavy atom. The lowest BCUT2D eigenvalue weighted by Gasteiger charge is -2.14. The van der Waals surface area contributed by atoms with E-state index in [0.717, 1.165) is 17.9 Å². The fourth-order valence-electron chi connectivity index (χ4n) is 1.37. The van der Waals surface area contributed by atoms with Gasteiger partial charge in [0.25, 0.3) is 0 Å². The van der Waals surface area contributed by atoms with Crippen molar-refractivity contribution in [1.82, 2.24) is 0 Å². The Morgan fingerprint density at radius 1 is 1.37 bits per heavy atom. The summed E-state index contributed by atoms with van der Waals surface area (Å²) in [6.07, 6.45) is 1.14. The van der Waals surface area contributed by atoms with Gasteiger partial charge >= 0.3 is 0 Å². The molecule has 0 bridgehead atoms. The molecule has 2 atom stereocenters. The smallest absolute Gasteiger partial charge is 0.237 e. The molecule has 4 heteroatoms. The standard InChI is InChI=1S/C15H20N2OS/c1-4-11(2)10-19-12(3)15(18)17-14-7-5-13(9-16)6-8-14/h5-8,11-12H,4,10H2,1-3H3,(H,17,18). The molecule has 19 heavy (non-hydrogen) atoms. The van der Waals surface area contributed by atoms with Gasteiger partial charge in [-0.1, -0.05) is 20.3 Å². The van der Waals surface area contributed by atoms with Crippen LogP contribution in [0, 0.1) is 17.2 Å². The molecule has 102 valence electrons. The van der Waals surface area contributed by atoms with Crippen molar-refractivity contribution in [3.05, 3.63) is 29.8 Å². The number of hydrogen-bond acceptors (Lipinski definition) is 3. The Morgan fingerprint density at radius 2 is 2.00 bits per heavy atom. The number of benzene rings is 1. The Bertz CT molecular complexity index is 450. The van der Waals surface area contributed by atoms with Crippen LogP contribution in [0.4, 0.5) is 5.69 Å². The first-order chi connectivity index (χ1) is 9.06. The number of thioether (sulfide) groups is 1. The fraction of sp³-hybridized carbons (Fsp3) is 0.467. The van der Waals surface area contributed by atoms with E-state index in [2.05, 4.69) is 25.2 Å². The molecule has 0 fully saturated rings. The highest BCUT2D eigenvalue weighted by Gasteiger charge is 2.14. The third-order valence-corrected chi connectivity index (χ3v) is 4.45. The summed E-state index contributed by atoms with van der Waals surface area (Å²) < 4.78 is 0. The van der Waals surface area contributed by atoms with Crippen molar-refractivity contribution < 1.29 is 4.79 Å². The van der Waals surface area contributed by atoms with E-state index in [1.807, 2.05) is 6.92 Å². The van der Waals surface area contributed by atoms with Crippen molar-refractivity contribution in [2.75, 3.05) is 11.1 Å². The van der Waals surface area contributed by atoms with Gasteiger partial charge in [-0.2, -0.15) is 5.26 Å². The third-order valence-electron chi connectivity index (χ3n) is 2.98. The number of carbonyl (C=O) groups is 1. The molecule has 0 spiro atoms. The van der Waals surface area contributed by atoms with E-state index in [4.69, 9.17) is 5.26 Å². The van der Waals surface area contributed by atoms with Gasteiger partial charge in [-0.25, -0.2) is 0 Å². The average Bonchev–Trinajstić information content (AvgIpc) is 2.44. The zero-order chi connectivity index (χ0) is 14.3. The van der Waals surface area contributed by atoms with Crippen molar-refractivity contribution >= 4 is 23.4 Å². The van der Waals surface area contributed by atoms with Crippen LogP contribution in [0.2, 0.25) is 0 Å². The fourth-order valence-corrected chi connectivity index (χ4v) is 2.44. The van der Waals surface area contributed by atoms with Crippen LogP contribution in [-0.2, 0) is 4.79 Å². The predicted molar refractivity (Wildman–Crippen MR) is 81.2 cm³/mol. The summed E-state index contributed by atoms with van der Waals surface area (Å²) in [5, 5.41) is 11.5. The SMILES string of the molecule is CCC(C)CSC(C)C(=O)Nc1ccc(C#N)cc1. The normalized spacial score (nSPS) is 13.4. The molecule has 0 saturated carbocycles. The lowest BCUT2D eigenvalue weighted by atomic mass is 10.2. The molecule has 3 nitrogen and oxygen atoms in total. The number of amides is 1. The molecule has 0 aliphatic heterocycles. The molecule has 1 rings (SSSR count). The van der Waals surface area contributed by atoms with Crippen LogP contribution in [0.5, 0.6) is 0 Å². The van der Waals surface area contributed by atoms with Crippen molar-refractivity contribution in [3.8, 4) is 6.07 Å². The monoisotopic (exact) mass is 276 g/mol. The van der Waals surface area contributed by atoms with Crippen molar-refractivity contribution in [3.63, 3.8) is 0 Å². The first-order valence-electron chi connectivity index (χ1n) is 6.49. The lowest BCUT2D eigenvalue weighted by Crippen LogP contribution is -2.23. The van der Waals surface area contributed by atoms with Gasteiger partial charge in [-0.05, 0) is 42.9 Å². The van der Waals surface area contributed by atoms with E-state index >= 15 is 0 Å². The minimum absolute atomic E-state index is 0.0120. The number of anilines is 1. The molecule has 1 amide bonds. The quantitative estimate of drug-likeness (QED) is 0.862. The summed E-state index contributed by atoms with van der Waals surface area (Å²) in [4.78, 5) is 12.0. The third kappa shape index (κ3) is 5.35. The van der Waals surface area contributed by atoms with E-state index in [1.54, 1.807) is 36.0 Å². The van der Waals surface area contributed by atoms with E-state index in [1.165, 1.54) is 0 Å². The number of nitriles is 1. The zero-order valence-electron chi connectivity index (χ0n) is 11.6. The molecule has 0 aliphatic rings. The largest absolute Gasteiger partial charge is 0.325 e. The van der Waals surface area contributed by atoms with E-state index < -0.39 is 0 Å². The second-order valence-corrected chi connectivity index (χ2v) is 6.04. The highest BCUT2D eigenvalue weighted by Crippen LogP contribution is 2.18. The van der Waals surface area contributed by atoms with Crippen LogP contribution >= 0.6 is 11.8 Å². The van der Waals surface area contributed by atoms with E-state index in [0.29, 0.717) is 11.5 Å². The maximum Gasteiger partial charge on any atom is 0.237 e. The minimum Gasteiger partial charge on any atom is -0.325 e. The second kappa shape index (κ2) is 7.85. The molecule has 1 aromatic carbocycles. The number of rotatable bonds is 6. The second-order valence-electron chi connectivity index (χ2n) is 4.67. The topological polar surface area (TPSA) is 52.9 Å². The average molecular weight is 276 g/mol. The molecule has 1 N–H and O–H groups in total. The molecule has 0 aromatic heterocycles. The Balaban J connectivity index is 2.47. The Labute approximate surface area is 119 Å². The number of hydrogen-bond donors (Lipinski definition) is 1. The van der Waals surface area contributed by atoms with Gasteiger partial charge in [-0.3, -0.25) is 4.79 Å². The molecule has 1 aromatic rings. The molecular formula is C15H20N2OS. The minimum atomic E-state index is -0.0651. The maximum absolute atomic E-state index is 12.0. The van der Waals surface area contributed by atoms with Crippen LogP contribution in [0.3, 0.4) is 0 Å². The van der Waals surface area contributed by atoms with Crippen LogP contribution in [0.1, 0.15) is 32.8 Å². The maximum atomic E-state index is 12.0. The molecular weight excluding hydrogens is 256 g/mol. The number of carbonyl (C=O) groups excluding carboxylic acids is 1. The van der Waals surface area contributed by atoms with Crippen molar-refractivity contribution in [2.45, 2.75) is 32.4 Å². The summed E-state index contributed by atoms with van der Waals surface area (Å²) in [6.45, 7) is 6.27. The number of nitrogens with zero attached hydrogens (tertiary/aromatic N) is 1. The summed E-state index contributed by atoms with van der Waals surface area (Å²) in [7, 11) is 0. The van der Waals surface area contributed by atoms with Crippen molar-refractivity contribution in [1.29, 1.82) is 5.26 Å². The van der Waals surface area contributed by atoms with Gasteiger partial charge in [0, 0.05) is 5.69 Å². The summed E-state index contributed by atoms with van der Waals surface area (Å²) in [5.74, 6) is 1.64. The van der Waals surface area contributed by atoms with Gasteiger partial charge in [0.2, 0.25) is 5.91 Å². The molecule has 2 unspecified atom stereocenters. The zero-order valence-corrected chi connectivity index (χ0v) is 12.5. The molecule has 0 saturated heterocycles. The lowest BCUT2D eigenvalue weighted by molar-refractivity contribution is -0.115. The summed E-state index contributed by atoms with van der Waals surface area (Å²) in [5.41, 5.74) is 1.33. The number of nitrogens with one attached hydrogen (secondary N) is 1. The highest BCUT2D eigenvalue weighted by atomic mass is 32.2. The van der Waals surface area contributed by atoms with Crippen LogP contribution in [0.15, 0.2) is 24.3 Å². The summed E-state index contributed by atoms with van der Waals surface area (Å²) >= 11 is 1.68. The Hall–Kier alpha value is -1.47. The molecule has 0 aliphatic carbocycles. The molecule has 0 radical (unpaired) electrons. The van der Waals surface area contributed by atoms with Gasteiger partial charge in [-0.15, -0.1) is 11.8 Å². The van der Waals surface area contributed by atoms with Gasteiger partial charge in [0.05, 0.1) is 16.9 Å². The first kappa shape index (κ1) is 15.6. The van der Waals surface area contributed by atoms with Gasteiger partial charge in [0.1, 0.15) is 0 Å². The summed E-state index contributed by atoms with van der Waals surface area (Å²) in [6, 6.07) is 8.96. The first-order valence-corrected chi connectivity index (χ1v) is 7.54. The predicted octanol–water partition coefficient (Wildman–Crippen LogP) is 3.66. The highest BCUT2D eigenvalue weighted by molar-refractivity contribution is 8.00. The van der Waals surface area contributed by atoms with Crippen LogP contribution in [0.25, 0.3) is 0 Å². The van der Waals surface area contributed by atoms with Gasteiger partial charge < -0.3 is 5.32 Å². The Kier molecular flexibility index (Phi) is 6.44. The van der Waals surface area contributed by atoms with Crippen LogP contribution < -0.4 is 5.32 Å². The van der Waals surface area contributed by atoms with Gasteiger partial charge in [0.15, 0.2) is 0 Å².